The molecule has 0 bridgehead atoms. The van der Waals surface area contributed by atoms with E-state index in [1.54, 1.807) is 19.9 Å². The van der Waals surface area contributed by atoms with Crippen molar-refractivity contribution in [2.75, 3.05) is 7.11 Å². The van der Waals surface area contributed by atoms with E-state index in [0.29, 0.717) is 0 Å². The van der Waals surface area contributed by atoms with Crippen LogP contribution in [0.5, 0.6) is 5.75 Å². The van der Waals surface area contributed by atoms with Crippen LogP contribution in [0.15, 0.2) is 18.2 Å². The Bertz CT molecular complexity index is 461. The van der Waals surface area contributed by atoms with Crippen molar-refractivity contribution in [2.24, 2.45) is 5.41 Å². The molecule has 0 spiro atoms. The highest BCUT2D eigenvalue weighted by molar-refractivity contribution is 5.41. The van der Waals surface area contributed by atoms with Gasteiger partial charge in [-0.3, -0.25) is 0 Å². The molecule has 92 valence electrons. The van der Waals surface area contributed by atoms with Gasteiger partial charge in [0.2, 0.25) is 0 Å². The number of nitriles is 1. The third-order valence-corrected chi connectivity index (χ3v) is 3.18. The van der Waals surface area contributed by atoms with E-state index in [0.717, 1.165) is 0 Å². The van der Waals surface area contributed by atoms with Crippen LogP contribution in [0.3, 0.4) is 0 Å². The van der Waals surface area contributed by atoms with Gasteiger partial charge in [0, 0.05) is 0 Å². The molecule has 3 nitrogen and oxygen atoms in total. The maximum Gasteiger partial charge on any atom is 0.133 e. The SMILES string of the molecule is COc1cccc(F)c1C(C)(O)C(C)(C)C#N. The van der Waals surface area contributed by atoms with E-state index in [1.165, 1.54) is 26.2 Å². The second-order valence-electron chi connectivity index (χ2n) is 4.63. The van der Waals surface area contributed by atoms with Crippen LogP contribution >= 0.6 is 0 Å². The standard InChI is InChI=1S/C13H16FNO2/c1-12(2,8-15)13(3,16)11-9(14)6-5-7-10(11)17-4/h5-7,16H,1-4H3. The van der Waals surface area contributed by atoms with E-state index < -0.39 is 16.8 Å². The van der Waals surface area contributed by atoms with Gasteiger partial charge < -0.3 is 9.84 Å². The van der Waals surface area contributed by atoms with Crippen molar-refractivity contribution in [1.29, 1.82) is 5.26 Å². The first-order valence-electron chi connectivity index (χ1n) is 5.24. The lowest BCUT2D eigenvalue weighted by Crippen LogP contribution is -2.39. The zero-order valence-corrected chi connectivity index (χ0v) is 10.4. The highest BCUT2D eigenvalue weighted by Crippen LogP contribution is 2.43. The van der Waals surface area contributed by atoms with E-state index in [2.05, 4.69) is 0 Å². The molecular weight excluding hydrogens is 221 g/mol. The van der Waals surface area contributed by atoms with E-state index in [4.69, 9.17) is 10.00 Å². The van der Waals surface area contributed by atoms with Crippen LogP contribution in [0, 0.1) is 22.6 Å². The van der Waals surface area contributed by atoms with E-state index in [-0.39, 0.29) is 11.3 Å². The molecule has 1 rings (SSSR count). The molecule has 0 radical (unpaired) electrons. The van der Waals surface area contributed by atoms with Gasteiger partial charge in [0.25, 0.3) is 0 Å². The van der Waals surface area contributed by atoms with E-state index >= 15 is 0 Å². The van der Waals surface area contributed by atoms with Crippen molar-refractivity contribution in [1.82, 2.24) is 0 Å². The number of halogens is 1. The van der Waals surface area contributed by atoms with Gasteiger partial charge in [-0.2, -0.15) is 5.26 Å². The molecule has 1 aromatic rings. The molecule has 0 aliphatic carbocycles. The predicted octanol–water partition coefficient (Wildman–Crippen LogP) is 2.59. The Morgan fingerprint density at radius 3 is 2.41 bits per heavy atom. The number of aliphatic hydroxyl groups is 1. The maximum atomic E-state index is 13.9. The van der Waals surface area contributed by atoms with Gasteiger partial charge in [0.15, 0.2) is 0 Å². The zero-order chi connectivity index (χ0) is 13.3. The molecule has 1 aromatic carbocycles. The van der Waals surface area contributed by atoms with Crippen LogP contribution in [0.25, 0.3) is 0 Å². The minimum Gasteiger partial charge on any atom is -0.496 e. The van der Waals surface area contributed by atoms with Crippen molar-refractivity contribution in [3.05, 3.63) is 29.6 Å². The summed E-state index contributed by atoms with van der Waals surface area (Å²) in [5.74, 6) is -0.351. The second-order valence-corrected chi connectivity index (χ2v) is 4.63. The molecule has 4 heteroatoms. The Hall–Kier alpha value is -1.60. The highest BCUT2D eigenvalue weighted by Gasteiger charge is 2.44. The summed E-state index contributed by atoms with van der Waals surface area (Å²) in [5.41, 5.74) is -2.77. The largest absolute Gasteiger partial charge is 0.496 e. The summed E-state index contributed by atoms with van der Waals surface area (Å²) in [6, 6.07) is 6.27. The van der Waals surface area contributed by atoms with Crippen LogP contribution in [-0.4, -0.2) is 12.2 Å². The fourth-order valence-electron chi connectivity index (χ4n) is 1.57. The van der Waals surface area contributed by atoms with Gasteiger partial charge in [0.05, 0.1) is 24.2 Å². The summed E-state index contributed by atoms with van der Waals surface area (Å²) in [6.07, 6.45) is 0. The number of nitrogens with zero attached hydrogens (tertiary/aromatic N) is 1. The molecular formula is C13H16FNO2. The molecule has 17 heavy (non-hydrogen) atoms. The zero-order valence-electron chi connectivity index (χ0n) is 10.4. The average molecular weight is 237 g/mol. The molecule has 1 N–H and O–H groups in total. The van der Waals surface area contributed by atoms with Crippen molar-refractivity contribution < 1.29 is 14.2 Å². The lowest BCUT2D eigenvalue weighted by molar-refractivity contribution is -0.0314. The summed E-state index contributed by atoms with van der Waals surface area (Å²) in [4.78, 5) is 0. The first-order valence-corrected chi connectivity index (χ1v) is 5.24. The lowest BCUT2D eigenvalue weighted by atomic mass is 9.72. The number of ether oxygens (including phenoxy) is 1. The topological polar surface area (TPSA) is 53.2 Å². The third-order valence-electron chi connectivity index (χ3n) is 3.18. The summed E-state index contributed by atoms with van der Waals surface area (Å²) in [6.45, 7) is 4.52. The van der Waals surface area contributed by atoms with E-state index in [9.17, 15) is 9.50 Å². The molecule has 0 aliphatic rings. The molecule has 0 saturated carbocycles. The van der Waals surface area contributed by atoms with Crippen LogP contribution in [-0.2, 0) is 5.60 Å². The molecule has 0 heterocycles. The number of hydrogen-bond donors (Lipinski definition) is 1. The Balaban J connectivity index is 3.49. The fraction of sp³-hybridized carbons (Fsp3) is 0.462. The van der Waals surface area contributed by atoms with Crippen molar-refractivity contribution >= 4 is 0 Å². The number of methoxy groups -OCH3 is 1. The minimum atomic E-state index is -1.64. The fourth-order valence-corrected chi connectivity index (χ4v) is 1.57. The summed E-state index contributed by atoms with van der Waals surface area (Å²) in [7, 11) is 1.40. The smallest absolute Gasteiger partial charge is 0.133 e. The van der Waals surface area contributed by atoms with Crippen LogP contribution in [0.2, 0.25) is 0 Å². The minimum absolute atomic E-state index is 0.00838. The predicted molar refractivity (Wildman–Crippen MR) is 61.9 cm³/mol. The quantitative estimate of drug-likeness (QED) is 0.879. The lowest BCUT2D eigenvalue weighted by Gasteiger charge is -2.35. The van der Waals surface area contributed by atoms with Crippen molar-refractivity contribution in [3.8, 4) is 11.8 Å². The Kier molecular flexibility index (Phi) is 3.44. The molecule has 0 aliphatic heterocycles. The first kappa shape index (κ1) is 13.5. The van der Waals surface area contributed by atoms with Gasteiger partial charge >= 0.3 is 0 Å². The number of rotatable bonds is 3. The van der Waals surface area contributed by atoms with Crippen molar-refractivity contribution in [2.45, 2.75) is 26.4 Å². The summed E-state index contributed by atoms with van der Waals surface area (Å²) < 4.78 is 18.9. The molecule has 0 amide bonds. The summed E-state index contributed by atoms with van der Waals surface area (Å²) >= 11 is 0. The molecule has 0 fully saturated rings. The van der Waals surface area contributed by atoms with Crippen LogP contribution in [0.1, 0.15) is 26.3 Å². The molecule has 1 atom stereocenters. The van der Waals surface area contributed by atoms with Crippen LogP contribution in [0.4, 0.5) is 4.39 Å². The average Bonchev–Trinajstić information content (AvgIpc) is 2.27. The third kappa shape index (κ3) is 2.11. The van der Waals surface area contributed by atoms with Crippen LogP contribution < -0.4 is 4.74 Å². The van der Waals surface area contributed by atoms with Crippen molar-refractivity contribution in [3.63, 3.8) is 0 Å². The Morgan fingerprint density at radius 1 is 1.35 bits per heavy atom. The summed E-state index contributed by atoms with van der Waals surface area (Å²) in [5, 5.41) is 19.5. The Morgan fingerprint density at radius 2 is 1.94 bits per heavy atom. The number of hydrogen-bond acceptors (Lipinski definition) is 3. The maximum absolute atomic E-state index is 13.9. The normalized spacial score (nSPS) is 14.9. The Labute approximate surface area is 100 Å². The molecule has 0 aromatic heterocycles. The highest BCUT2D eigenvalue weighted by atomic mass is 19.1. The second kappa shape index (κ2) is 4.34. The van der Waals surface area contributed by atoms with E-state index in [1.807, 2.05) is 6.07 Å². The van der Waals surface area contributed by atoms with Gasteiger partial charge in [-0.25, -0.2) is 4.39 Å². The number of benzene rings is 1. The van der Waals surface area contributed by atoms with Gasteiger partial charge in [-0.05, 0) is 32.9 Å². The monoisotopic (exact) mass is 237 g/mol. The van der Waals surface area contributed by atoms with Gasteiger partial charge in [0.1, 0.15) is 17.2 Å². The molecule has 1 unspecified atom stereocenters. The van der Waals surface area contributed by atoms with Gasteiger partial charge in [-0.1, -0.05) is 6.07 Å². The first-order chi connectivity index (χ1) is 7.78. The van der Waals surface area contributed by atoms with Gasteiger partial charge in [-0.15, -0.1) is 0 Å². The molecule has 0 saturated heterocycles.